The predicted molar refractivity (Wildman–Crippen MR) is 166 cm³/mol. The van der Waals surface area contributed by atoms with Gasteiger partial charge in [-0.15, -0.1) is 0 Å². The molecule has 0 bridgehead atoms. The van der Waals surface area contributed by atoms with Crippen LogP contribution in [0.2, 0.25) is 0 Å². The zero-order valence-electron chi connectivity index (χ0n) is 26.0. The van der Waals surface area contributed by atoms with E-state index < -0.39 is 10.0 Å². The van der Waals surface area contributed by atoms with Gasteiger partial charge in [-0.05, 0) is 114 Å². The van der Waals surface area contributed by atoms with Gasteiger partial charge >= 0.3 is 0 Å². The summed E-state index contributed by atoms with van der Waals surface area (Å²) in [6, 6.07) is 14.8. The molecule has 2 aliphatic rings. The Bertz CT molecular complexity index is 1250. The average molecular weight is 600 g/mol. The summed E-state index contributed by atoms with van der Waals surface area (Å²) in [4.78, 5) is 15.3. The Morgan fingerprint density at radius 3 is 2.33 bits per heavy atom. The zero-order chi connectivity index (χ0) is 30.3. The molecule has 1 N–H and O–H groups in total. The molecule has 232 valence electrons. The molecular weight excluding hydrogens is 550 g/mol. The van der Waals surface area contributed by atoms with E-state index in [1.54, 1.807) is 33.1 Å². The molecule has 1 amide bonds. The quantitative estimate of drug-likeness (QED) is 0.363. The van der Waals surface area contributed by atoms with Crippen LogP contribution in [0.1, 0.15) is 55.2 Å². The topological polar surface area (TPSA) is 88.2 Å². The molecule has 1 aliphatic heterocycles. The van der Waals surface area contributed by atoms with Gasteiger partial charge in [0, 0.05) is 25.7 Å². The molecule has 8 nitrogen and oxygen atoms in total. The van der Waals surface area contributed by atoms with E-state index in [0.717, 1.165) is 19.3 Å². The van der Waals surface area contributed by atoms with Gasteiger partial charge in [-0.25, -0.2) is 8.42 Å². The summed E-state index contributed by atoms with van der Waals surface area (Å²) in [7, 11) is 2.30. The first kappa shape index (κ1) is 32.5. The van der Waals surface area contributed by atoms with Gasteiger partial charge in [0.1, 0.15) is 12.4 Å². The highest BCUT2D eigenvalue weighted by Crippen LogP contribution is 2.34. The molecule has 1 saturated carbocycles. The summed E-state index contributed by atoms with van der Waals surface area (Å²) in [6.45, 7) is 4.83. The van der Waals surface area contributed by atoms with Crippen molar-refractivity contribution >= 4 is 15.9 Å². The number of sulfonamides is 1. The number of nitrogens with zero attached hydrogens (tertiary/aromatic N) is 2. The van der Waals surface area contributed by atoms with Gasteiger partial charge in [0.05, 0.1) is 18.1 Å². The van der Waals surface area contributed by atoms with E-state index in [2.05, 4.69) is 54.6 Å². The van der Waals surface area contributed by atoms with Crippen molar-refractivity contribution < 1.29 is 22.7 Å². The molecule has 2 fully saturated rings. The van der Waals surface area contributed by atoms with Gasteiger partial charge < -0.3 is 19.7 Å². The highest BCUT2D eigenvalue weighted by atomic mass is 32.2. The van der Waals surface area contributed by atoms with Gasteiger partial charge in [-0.3, -0.25) is 4.79 Å². The number of benzene rings is 2. The molecule has 9 heteroatoms. The first-order chi connectivity index (χ1) is 20.1. The summed E-state index contributed by atoms with van der Waals surface area (Å²) in [6.07, 6.45) is 7.18. The standard InChI is InChI=1S/C33H49N3O5S/c1-24-19-30(40-5)20-25(2)33(24)42(38,39)36-18-17-29(22-36)41-23-32(37)34-21-27-11-14-28(15-12-27)31(35(3)4)16-13-26-9-7-6-8-10-26/h6-10,19-20,27-29,31H,11-18,21-23H2,1-5H3,(H,34,37). The number of methoxy groups -OCH3 is 1. The molecule has 0 spiro atoms. The number of aryl methyl sites for hydroxylation is 3. The summed E-state index contributed by atoms with van der Waals surface area (Å²) in [5.74, 6) is 1.69. The third-order valence-electron chi connectivity index (χ3n) is 9.08. The van der Waals surface area contributed by atoms with Crippen LogP contribution in [0, 0.1) is 25.7 Å². The van der Waals surface area contributed by atoms with Gasteiger partial charge in [0.15, 0.2) is 0 Å². The maximum atomic E-state index is 13.4. The van der Waals surface area contributed by atoms with Crippen molar-refractivity contribution in [1.29, 1.82) is 0 Å². The molecule has 2 aromatic carbocycles. The minimum Gasteiger partial charge on any atom is -0.497 e. The minimum atomic E-state index is -3.66. The fraction of sp³-hybridized carbons (Fsp3) is 0.606. The number of carbonyl (C=O) groups is 1. The number of amides is 1. The second kappa shape index (κ2) is 14.8. The van der Waals surface area contributed by atoms with Crippen LogP contribution in [0.5, 0.6) is 5.75 Å². The van der Waals surface area contributed by atoms with Crippen molar-refractivity contribution in [3.63, 3.8) is 0 Å². The lowest BCUT2D eigenvalue weighted by Gasteiger charge is -2.37. The number of carbonyl (C=O) groups excluding carboxylic acids is 1. The van der Waals surface area contributed by atoms with E-state index in [1.807, 2.05) is 0 Å². The van der Waals surface area contributed by atoms with Crippen LogP contribution in [0.3, 0.4) is 0 Å². The van der Waals surface area contributed by atoms with Crippen LogP contribution >= 0.6 is 0 Å². The van der Waals surface area contributed by atoms with Crippen molar-refractivity contribution in [2.24, 2.45) is 11.8 Å². The van der Waals surface area contributed by atoms with Gasteiger partial charge in [-0.2, -0.15) is 4.31 Å². The number of ether oxygens (including phenoxy) is 2. The van der Waals surface area contributed by atoms with Gasteiger partial charge in [-0.1, -0.05) is 30.3 Å². The van der Waals surface area contributed by atoms with Crippen LogP contribution in [0.25, 0.3) is 0 Å². The predicted octanol–water partition coefficient (Wildman–Crippen LogP) is 4.58. The van der Waals surface area contributed by atoms with Crippen LogP contribution in [-0.2, 0) is 26.0 Å². The highest BCUT2D eigenvalue weighted by Gasteiger charge is 2.35. The molecule has 4 rings (SSSR count). The lowest BCUT2D eigenvalue weighted by Crippen LogP contribution is -2.40. The van der Waals surface area contributed by atoms with E-state index in [9.17, 15) is 13.2 Å². The Kier molecular flexibility index (Phi) is 11.5. The zero-order valence-corrected chi connectivity index (χ0v) is 26.8. The maximum Gasteiger partial charge on any atom is 0.246 e. The van der Waals surface area contributed by atoms with Crippen molar-refractivity contribution in [2.75, 3.05) is 47.4 Å². The van der Waals surface area contributed by atoms with Crippen molar-refractivity contribution in [3.8, 4) is 5.75 Å². The van der Waals surface area contributed by atoms with E-state index in [-0.39, 0.29) is 25.2 Å². The van der Waals surface area contributed by atoms with E-state index in [0.29, 0.717) is 59.2 Å². The molecule has 0 aromatic heterocycles. The van der Waals surface area contributed by atoms with Crippen molar-refractivity contribution in [1.82, 2.24) is 14.5 Å². The SMILES string of the molecule is COc1cc(C)c(S(=O)(=O)N2CCC(OCC(=O)NCC3CCC(C(CCc4ccccc4)N(C)C)CC3)C2)c(C)c1. The van der Waals surface area contributed by atoms with E-state index >= 15 is 0 Å². The monoisotopic (exact) mass is 599 g/mol. The van der Waals surface area contributed by atoms with Crippen LogP contribution < -0.4 is 10.1 Å². The van der Waals surface area contributed by atoms with Gasteiger partial charge in [0.25, 0.3) is 0 Å². The molecular formula is C33H49N3O5S. The van der Waals surface area contributed by atoms with Crippen molar-refractivity contribution in [2.45, 2.75) is 75.8 Å². The molecule has 1 aliphatic carbocycles. The molecule has 2 atom stereocenters. The third-order valence-corrected chi connectivity index (χ3v) is 11.3. The fourth-order valence-corrected chi connectivity index (χ4v) is 8.67. The molecule has 42 heavy (non-hydrogen) atoms. The Morgan fingerprint density at radius 1 is 1.05 bits per heavy atom. The number of rotatable bonds is 13. The number of hydrogen-bond acceptors (Lipinski definition) is 6. The lowest BCUT2D eigenvalue weighted by molar-refractivity contribution is -0.127. The molecule has 1 heterocycles. The van der Waals surface area contributed by atoms with E-state index in [4.69, 9.17) is 9.47 Å². The normalized spacial score (nSPS) is 22.3. The maximum absolute atomic E-state index is 13.4. The van der Waals surface area contributed by atoms with Crippen LogP contribution in [0.15, 0.2) is 47.4 Å². The molecule has 2 unspecified atom stereocenters. The summed E-state index contributed by atoms with van der Waals surface area (Å²) < 4.78 is 39.4. The average Bonchev–Trinajstić information content (AvgIpc) is 3.46. The Hall–Kier alpha value is -2.46. The summed E-state index contributed by atoms with van der Waals surface area (Å²) in [5.41, 5.74) is 2.72. The molecule has 0 radical (unpaired) electrons. The van der Waals surface area contributed by atoms with Gasteiger partial charge in [0.2, 0.25) is 15.9 Å². The van der Waals surface area contributed by atoms with Crippen molar-refractivity contribution in [3.05, 3.63) is 59.2 Å². The number of hydrogen-bond donors (Lipinski definition) is 1. The second-order valence-electron chi connectivity index (χ2n) is 12.3. The Morgan fingerprint density at radius 2 is 1.71 bits per heavy atom. The second-order valence-corrected chi connectivity index (χ2v) is 14.2. The Labute approximate surface area is 252 Å². The van der Waals surface area contributed by atoms with Crippen LogP contribution in [0.4, 0.5) is 0 Å². The van der Waals surface area contributed by atoms with Crippen LogP contribution in [-0.4, -0.2) is 83.1 Å². The molecule has 2 aromatic rings. The minimum absolute atomic E-state index is 0.0450. The first-order valence-electron chi connectivity index (χ1n) is 15.3. The summed E-state index contributed by atoms with van der Waals surface area (Å²) >= 11 is 0. The first-order valence-corrected chi connectivity index (χ1v) is 16.8. The summed E-state index contributed by atoms with van der Waals surface area (Å²) in [5, 5.41) is 3.06. The fourth-order valence-electron chi connectivity index (χ4n) is 6.77. The lowest BCUT2D eigenvalue weighted by atomic mass is 9.76. The smallest absolute Gasteiger partial charge is 0.246 e. The third kappa shape index (κ3) is 8.34. The highest BCUT2D eigenvalue weighted by molar-refractivity contribution is 7.89. The molecule has 1 saturated heterocycles. The largest absolute Gasteiger partial charge is 0.497 e. The number of nitrogens with one attached hydrogen (secondary N) is 1. The Balaban J connectivity index is 1.17. The van der Waals surface area contributed by atoms with E-state index in [1.165, 1.54) is 29.1 Å².